The van der Waals surface area contributed by atoms with E-state index in [0.29, 0.717) is 5.82 Å². The van der Waals surface area contributed by atoms with E-state index in [9.17, 15) is 0 Å². The first-order chi connectivity index (χ1) is 10.9. The van der Waals surface area contributed by atoms with Crippen LogP contribution < -0.4 is 4.80 Å². The molecule has 1 aromatic carbocycles. The van der Waals surface area contributed by atoms with Crippen LogP contribution in [0.15, 0.2) is 59.0 Å². The molecular weight excluding hydrogens is 326 g/mol. The summed E-state index contributed by atoms with van der Waals surface area (Å²) in [6.07, 6.45) is 1.75. The lowest BCUT2D eigenvalue weighted by molar-refractivity contribution is 0.553. The number of hydrogen-bond acceptors (Lipinski definition) is 3. The molecule has 0 saturated heterocycles. The first kappa shape index (κ1) is 16.0. The summed E-state index contributed by atoms with van der Waals surface area (Å²) in [5.74, 6) is 0.706. The predicted octanol–water partition coefficient (Wildman–Crippen LogP) is 5.12. The van der Waals surface area contributed by atoms with Gasteiger partial charge in [-0.25, -0.2) is 9.98 Å². The molecule has 118 valence electrons. The zero-order valence-electron chi connectivity index (χ0n) is 13.3. The maximum absolute atomic E-state index is 6.03. The third kappa shape index (κ3) is 3.54. The number of thiazole rings is 1. The molecule has 2 aromatic heterocycles. The predicted molar refractivity (Wildman–Crippen MR) is 96.8 cm³/mol. The van der Waals surface area contributed by atoms with Gasteiger partial charge in [-0.05, 0) is 36.4 Å². The lowest BCUT2D eigenvalue weighted by Gasteiger charge is -2.21. The molecule has 5 heteroatoms. The number of halogens is 1. The largest absolute Gasteiger partial charge is 0.289 e. The number of nitrogens with zero attached hydrogens (tertiary/aromatic N) is 3. The second-order valence-corrected chi connectivity index (χ2v) is 7.54. The Labute approximate surface area is 144 Å². The fraction of sp³-hybridized carbons (Fsp3) is 0.222. The minimum Gasteiger partial charge on any atom is -0.289 e. The molecule has 0 unspecified atom stereocenters. The first-order valence-corrected chi connectivity index (χ1v) is 8.63. The molecule has 3 aromatic rings. The summed E-state index contributed by atoms with van der Waals surface area (Å²) in [5, 5.41) is 2.89. The molecule has 0 aliphatic heterocycles. The summed E-state index contributed by atoms with van der Waals surface area (Å²) >= 11 is 7.65. The summed E-state index contributed by atoms with van der Waals surface area (Å²) in [7, 11) is 0. The van der Waals surface area contributed by atoms with E-state index >= 15 is 0 Å². The molecule has 3 rings (SSSR count). The zero-order valence-corrected chi connectivity index (χ0v) is 14.9. The van der Waals surface area contributed by atoms with Crippen LogP contribution in [0.2, 0.25) is 5.02 Å². The first-order valence-electron chi connectivity index (χ1n) is 7.38. The fourth-order valence-corrected chi connectivity index (χ4v) is 3.52. The minimum absolute atomic E-state index is 0.00796. The normalized spacial score (nSPS) is 12.6. The third-order valence-corrected chi connectivity index (χ3v) is 4.50. The second kappa shape index (κ2) is 6.30. The SMILES string of the molecule is CC(C)(C)c1cs/c(=N/c2ccccn2)n1-c1ccc(Cl)cc1. The number of aromatic nitrogens is 2. The van der Waals surface area contributed by atoms with Crippen LogP contribution in [0.5, 0.6) is 0 Å². The highest BCUT2D eigenvalue weighted by Gasteiger charge is 2.20. The fourth-order valence-electron chi connectivity index (χ4n) is 2.26. The van der Waals surface area contributed by atoms with Gasteiger partial charge in [0, 0.05) is 33.4 Å². The van der Waals surface area contributed by atoms with Crippen molar-refractivity contribution in [2.45, 2.75) is 26.2 Å². The molecule has 23 heavy (non-hydrogen) atoms. The van der Waals surface area contributed by atoms with Crippen LogP contribution >= 0.6 is 22.9 Å². The average molecular weight is 344 g/mol. The van der Waals surface area contributed by atoms with Crippen molar-refractivity contribution in [1.29, 1.82) is 0 Å². The quantitative estimate of drug-likeness (QED) is 0.635. The van der Waals surface area contributed by atoms with E-state index in [0.717, 1.165) is 15.5 Å². The number of pyridine rings is 1. The van der Waals surface area contributed by atoms with Gasteiger partial charge < -0.3 is 0 Å². The van der Waals surface area contributed by atoms with Crippen molar-refractivity contribution in [3.8, 4) is 5.69 Å². The molecular formula is C18H18ClN3S. The Morgan fingerprint density at radius 3 is 2.43 bits per heavy atom. The molecule has 2 heterocycles. The standard InChI is InChI=1S/C18H18ClN3S/c1-18(2,3)15-12-23-17(21-16-6-4-5-11-20-16)22(15)14-9-7-13(19)8-10-14/h4-12H,1-3H3/b21-17+. The number of hydrogen-bond donors (Lipinski definition) is 0. The van der Waals surface area contributed by atoms with Crippen molar-refractivity contribution >= 4 is 28.8 Å². The third-order valence-electron chi connectivity index (χ3n) is 3.42. The van der Waals surface area contributed by atoms with Crippen molar-refractivity contribution in [2.24, 2.45) is 4.99 Å². The van der Waals surface area contributed by atoms with Crippen LogP contribution in [0.25, 0.3) is 5.69 Å². The van der Waals surface area contributed by atoms with Gasteiger partial charge in [-0.2, -0.15) is 0 Å². The van der Waals surface area contributed by atoms with E-state index in [1.54, 1.807) is 17.5 Å². The monoisotopic (exact) mass is 343 g/mol. The minimum atomic E-state index is 0.00796. The lowest BCUT2D eigenvalue weighted by atomic mass is 9.93. The molecule has 0 N–H and O–H groups in total. The topological polar surface area (TPSA) is 30.2 Å². The van der Waals surface area contributed by atoms with Crippen LogP contribution in [-0.2, 0) is 5.41 Å². The molecule has 0 aliphatic carbocycles. The smallest absolute Gasteiger partial charge is 0.196 e. The zero-order chi connectivity index (χ0) is 16.4. The Balaban J connectivity index is 2.24. The lowest BCUT2D eigenvalue weighted by Crippen LogP contribution is -2.23. The molecule has 0 radical (unpaired) electrons. The average Bonchev–Trinajstić information content (AvgIpc) is 2.93. The van der Waals surface area contributed by atoms with Gasteiger partial charge in [0.2, 0.25) is 0 Å². The highest BCUT2D eigenvalue weighted by Crippen LogP contribution is 2.26. The van der Waals surface area contributed by atoms with Crippen molar-refractivity contribution < 1.29 is 0 Å². The Morgan fingerprint density at radius 2 is 1.83 bits per heavy atom. The molecule has 0 aliphatic rings. The summed E-state index contributed by atoms with van der Waals surface area (Å²) in [5.41, 5.74) is 2.27. The number of benzene rings is 1. The molecule has 3 nitrogen and oxygen atoms in total. The van der Waals surface area contributed by atoms with Crippen molar-refractivity contribution in [3.05, 3.63) is 69.6 Å². The van der Waals surface area contributed by atoms with E-state index in [1.807, 2.05) is 42.5 Å². The Morgan fingerprint density at radius 1 is 1.09 bits per heavy atom. The molecule has 0 fully saturated rings. The van der Waals surface area contributed by atoms with E-state index in [1.165, 1.54) is 5.69 Å². The van der Waals surface area contributed by atoms with E-state index in [4.69, 9.17) is 16.6 Å². The second-order valence-electron chi connectivity index (χ2n) is 6.27. The summed E-state index contributed by atoms with van der Waals surface area (Å²) in [4.78, 5) is 9.91. The van der Waals surface area contributed by atoms with Crippen LogP contribution in [0.1, 0.15) is 26.5 Å². The Bertz CT molecular complexity index is 856. The maximum atomic E-state index is 6.03. The van der Waals surface area contributed by atoms with E-state index in [-0.39, 0.29) is 5.41 Å². The van der Waals surface area contributed by atoms with Gasteiger partial charge in [0.05, 0.1) is 0 Å². The van der Waals surface area contributed by atoms with Crippen molar-refractivity contribution in [2.75, 3.05) is 0 Å². The van der Waals surface area contributed by atoms with Crippen molar-refractivity contribution in [3.63, 3.8) is 0 Å². The molecule has 0 saturated carbocycles. The highest BCUT2D eigenvalue weighted by molar-refractivity contribution is 7.07. The molecule has 0 amide bonds. The number of rotatable bonds is 2. The summed E-state index contributed by atoms with van der Waals surface area (Å²) in [6, 6.07) is 13.6. The van der Waals surface area contributed by atoms with Gasteiger partial charge in [-0.3, -0.25) is 4.57 Å². The van der Waals surface area contributed by atoms with Gasteiger partial charge in [-0.1, -0.05) is 38.4 Å². The van der Waals surface area contributed by atoms with Gasteiger partial charge in [-0.15, -0.1) is 11.3 Å². The highest BCUT2D eigenvalue weighted by atomic mass is 35.5. The Hall–Kier alpha value is -1.91. The van der Waals surface area contributed by atoms with Crippen LogP contribution in [0.4, 0.5) is 5.82 Å². The summed E-state index contributed by atoms with van der Waals surface area (Å²) in [6.45, 7) is 6.60. The molecule has 0 spiro atoms. The van der Waals surface area contributed by atoms with Crippen LogP contribution in [0, 0.1) is 0 Å². The van der Waals surface area contributed by atoms with Crippen LogP contribution in [0.3, 0.4) is 0 Å². The molecule has 0 bridgehead atoms. The molecule has 0 atom stereocenters. The van der Waals surface area contributed by atoms with Crippen molar-refractivity contribution in [1.82, 2.24) is 9.55 Å². The van der Waals surface area contributed by atoms with Gasteiger partial charge in [0.15, 0.2) is 10.6 Å². The van der Waals surface area contributed by atoms with Gasteiger partial charge in [0.1, 0.15) is 0 Å². The van der Waals surface area contributed by atoms with Crippen LogP contribution in [-0.4, -0.2) is 9.55 Å². The van der Waals surface area contributed by atoms with E-state index in [2.05, 4.69) is 35.7 Å². The summed E-state index contributed by atoms with van der Waals surface area (Å²) < 4.78 is 2.18. The van der Waals surface area contributed by atoms with E-state index < -0.39 is 0 Å². The van der Waals surface area contributed by atoms with Gasteiger partial charge in [0.25, 0.3) is 0 Å². The van der Waals surface area contributed by atoms with Gasteiger partial charge >= 0.3 is 0 Å². The maximum Gasteiger partial charge on any atom is 0.196 e. The Kier molecular flexibility index (Phi) is 4.37.